The second-order valence-electron chi connectivity index (χ2n) is 6.55. The van der Waals surface area contributed by atoms with Crippen LogP contribution in [0, 0.1) is 0 Å². The number of anilines is 2. The zero-order chi connectivity index (χ0) is 20.6. The second kappa shape index (κ2) is 7.79. The third kappa shape index (κ3) is 4.16. The number of nitrogens with one attached hydrogen (secondary N) is 1. The molecule has 29 heavy (non-hydrogen) atoms. The highest BCUT2D eigenvalue weighted by atomic mass is 35.5. The zero-order valence-corrected chi connectivity index (χ0v) is 17.3. The summed E-state index contributed by atoms with van der Waals surface area (Å²) in [5, 5.41) is 10.4. The van der Waals surface area contributed by atoms with E-state index in [-0.39, 0.29) is 10.8 Å². The van der Waals surface area contributed by atoms with Crippen molar-refractivity contribution >= 4 is 44.7 Å². The summed E-state index contributed by atoms with van der Waals surface area (Å²) in [6.45, 7) is 0.713. The van der Waals surface area contributed by atoms with Crippen molar-refractivity contribution in [2.24, 2.45) is 0 Å². The lowest BCUT2D eigenvalue weighted by Gasteiger charge is -2.38. The molecule has 7 nitrogen and oxygen atoms in total. The summed E-state index contributed by atoms with van der Waals surface area (Å²) < 4.78 is 28.4. The molecule has 1 fully saturated rings. The van der Waals surface area contributed by atoms with Crippen LogP contribution in [0.15, 0.2) is 59.9 Å². The van der Waals surface area contributed by atoms with Gasteiger partial charge in [-0.25, -0.2) is 9.97 Å². The van der Waals surface area contributed by atoms with Crippen LogP contribution in [0.25, 0.3) is 11.1 Å². The Morgan fingerprint density at radius 2 is 1.86 bits per heavy atom. The van der Waals surface area contributed by atoms with Gasteiger partial charge in [0.15, 0.2) is 5.03 Å². The largest absolute Gasteiger partial charge is 0.389 e. The molecule has 4 rings (SSSR count). The van der Waals surface area contributed by atoms with Crippen LogP contribution in [0.2, 0.25) is 10.0 Å². The number of hydrogen-bond acceptors (Lipinski definition) is 6. The van der Waals surface area contributed by atoms with Crippen molar-refractivity contribution in [2.45, 2.75) is 11.1 Å². The number of hydrogen-bond donors (Lipinski definition) is 2. The summed E-state index contributed by atoms with van der Waals surface area (Å²) in [6.07, 6.45) is 2.42. The molecule has 10 heteroatoms. The number of benzene rings is 1. The van der Waals surface area contributed by atoms with Crippen molar-refractivity contribution in [3.63, 3.8) is 0 Å². The normalized spacial score (nSPS) is 14.5. The first-order valence-electron chi connectivity index (χ1n) is 8.66. The molecule has 0 bridgehead atoms. The molecule has 150 valence electrons. The Morgan fingerprint density at radius 3 is 2.62 bits per heavy atom. The van der Waals surface area contributed by atoms with Crippen LogP contribution in [0.3, 0.4) is 0 Å². The van der Waals surface area contributed by atoms with Gasteiger partial charge in [-0.05, 0) is 48.0 Å². The Hall–Kier alpha value is -2.39. The summed E-state index contributed by atoms with van der Waals surface area (Å²) in [5.74, 6) is 0.124. The van der Waals surface area contributed by atoms with Crippen molar-refractivity contribution in [3.05, 3.63) is 64.9 Å². The highest BCUT2D eigenvalue weighted by Crippen LogP contribution is 2.32. The van der Waals surface area contributed by atoms with Gasteiger partial charge in [0, 0.05) is 41.1 Å². The molecule has 0 aliphatic carbocycles. The molecular weight excluding hydrogens is 435 g/mol. The Balaban J connectivity index is 1.66. The van der Waals surface area contributed by atoms with Gasteiger partial charge in [0.1, 0.15) is 5.82 Å². The van der Waals surface area contributed by atoms with Crippen LogP contribution >= 0.6 is 23.2 Å². The topological polar surface area (TPSA) is 95.4 Å². The number of nitrogens with zero attached hydrogens (tertiary/aromatic N) is 3. The fraction of sp³-hybridized carbons (Fsp3) is 0.158. The molecule has 2 N–H and O–H groups in total. The molecule has 0 radical (unpaired) electrons. The SMILES string of the molecule is O=S(=O)(Nc1cc(-c2cc(Cl)ccc2Cl)ccn1)c1ncccc1N1CC(O)C1. The first kappa shape index (κ1) is 19.9. The first-order chi connectivity index (χ1) is 13.8. The Kier molecular flexibility index (Phi) is 5.35. The van der Waals surface area contributed by atoms with Crippen LogP contribution in [0.1, 0.15) is 0 Å². The fourth-order valence-electron chi connectivity index (χ4n) is 3.04. The highest BCUT2D eigenvalue weighted by molar-refractivity contribution is 7.92. The maximum Gasteiger partial charge on any atom is 0.282 e. The van der Waals surface area contributed by atoms with E-state index in [0.29, 0.717) is 39.9 Å². The number of pyridine rings is 2. The third-order valence-corrected chi connectivity index (χ3v) is 6.31. The maximum absolute atomic E-state index is 13.0. The van der Waals surface area contributed by atoms with E-state index in [4.69, 9.17) is 23.2 Å². The molecule has 0 spiro atoms. The molecule has 1 aromatic carbocycles. The van der Waals surface area contributed by atoms with Crippen LogP contribution in [0.5, 0.6) is 0 Å². The Bertz CT molecular complexity index is 1170. The first-order valence-corrected chi connectivity index (χ1v) is 10.9. The van der Waals surface area contributed by atoms with Gasteiger partial charge in [0.05, 0.1) is 11.8 Å². The third-order valence-electron chi connectivity index (χ3n) is 4.45. The van der Waals surface area contributed by atoms with E-state index in [0.717, 1.165) is 0 Å². The molecule has 0 unspecified atom stereocenters. The van der Waals surface area contributed by atoms with E-state index >= 15 is 0 Å². The van der Waals surface area contributed by atoms with Crippen LogP contribution in [-0.4, -0.2) is 42.7 Å². The summed E-state index contributed by atoms with van der Waals surface area (Å²) in [5.41, 5.74) is 1.76. The predicted molar refractivity (Wildman–Crippen MR) is 113 cm³/mol. The zero-order valence-electron chi connectivity index (χ0n) is 15.0. The van der Waals surface area contributed by atoms with Gasteiger partial charge >= 0.3 is 0 Å². The lowest BCUT2D eigenvalue weighted by atomic mass is 10.1. The van der Waals surface area contributed by atoms with Crippen molar-refractivity contribution in [3.8, 4) is 11.1 Å². The van der Waals surface area contributed by atoms with Crippen molar-refractivity contribution in [1.82, 2.24) is 9.97 Å². The molecule has 0 atom stereocenters. The van der Waals surface area contributed by atoms with E-state index < -0.39 is 16.1 Å². The number of aromatic nitrogens is 2. The fourth-order valence-corrected chi connectivity index (χ4v) is 4.60. The van der Waals surface area contributed by atoms with E-state index in [1.165, 1.54) is 12.4 Å². The molecule has 1 aliphatic rings. The highest BCUT2D eigenvalue weighted by Gasteiger charge is 2.31. The van der Waals surface area contributed by atoms with E-state index in [1.807, 2.05) is 0 Å². The minimum absolute atomic E-state index is 0.124. The van der Waals surface area contributed by atoms with Crippen molar-refractivity contribution in [2.75, 3.05) is 22.7 Å². The van der Waals surface area contributed by atoms with E-state index in [9.17, 15) is 13.5 Å². The summed E-state index contributed by atoms with van der Waals surface area (Å²) in [4.78, 5) is 9.89. The molecule has 1 aliphatic heterocycles. The van der Waals surface area contributed by atoms with Gasteiger partial charge in [-0.15, -0.1) is 0 Å². The van der Waals surface area contributed by atoms with Gasteiger partial charge in [0.2, 0.25) is 0 Å². The summed E-state index contributed by atoms with van der Waals surface area (Å²) >= 11 is 12.3. The quantitative estimate of drug-likeness (QED) is 0.617. The van der Waals surface area contributed by atoms with Gasteiger partial charge < -0.3 is 10.0 Å². The minimum Gasteiger partial charge on any atom is -0.389 e. The summed E-state index contributed by atoms with van der Waals surface area (Å²) in [6, 6.07) is 11.6. The second-order valence-corrected chi connectivity index (χ2v) is 8.99. The van der Waals surface area contributed by atoms with Crippen molar-refractivity contribution < 1.29 is 13.5 Å². The van der Waals surface area contributed by atoms with E-state index in [2.05, 4.69) is 14.7 Å². The number of aliphatic hydroxyl groups excluding tert-OH is 1. The average molecular weight is 451 g/mol. The average Bonchev–Trinajstić information content (AvgIpc) is 2.67. The van der Waals surface area contributed by atoms with Crippen LogP contribution in [0.4, 0.5) is 11.5 Å². The number of halogens is 2. The Morgan fingerprint density at radius 1 is 1.07 bits per heavy atom. The molecule has 0 amide bonds. The lowest BCUT2D eigenvalue weighted by Crippen LogP contribution is -2.51. The van der Waals surface area contributed by atoms with Gasteiger partial charge in [-0.1, -0.05) is 23.2 Å². The monoisotopic (exact) mass is 450 g/mol. The smallest absolute Gasteiger partial charge is 0.282 e. The van der Waals surface area contributed by atoms with Gasteiger partial charge in [-0.2, -0.15) is 8.42 Å². The molecule has 2 aromatic heterocycles. The van der Waals surface area contributed by atoms with E-state index in [1.54, 1.807) is 47.4 Å². The molecule has 1 saturated heterocycles. The molecular formula is C19H16Cl2N4O3S. The number of sulfonamides is 1. The van der Waals surface area contributed by atoms with Gasteiger partial charge in [0.25, 0.3) is 10.0 Å². The number of rotatable bonds is 5. The lowest BCUT2D eigenvalue weighted by molar-refractivity contribution is 0.141. The maximum atomic E-state index is 13.0. The van der Waals surface area contributed by atoms with Crippen LogP contribution < -0.4 is 9.62 Å². The number of aliphatic hydroxyl groups is 1. The minimum atomic E-state index is -4.01. The van der Waals surface area contributed by atoms with Gasteiger partial charge in [-0.3, -0.25) is 4.72 Å². The predicted octanol–water partition coefficient (Wildman–Crippen LogP) is 3.43. The molecule has 3 heterocycles. The van der Waals surface area contributed by atoms with Crippen molar-refractivity contribution in [1.29, 1.82) is 0 Å². The summed E-state index contributed by atoms with van der Waals surface area (Å²) in [7, 11) is -4.01. The Labute approximate surface area is 178 Å². The molecule has 3 aromatic rings. The standard InChI is InChI=1S/C19H16Cl2N4O3S/c20-13-3-4-16(21)15(9-13)12-5-7-22-18(8-12)24-29(27,28)19-17(2-1-6-23-19)25-10-14(26)11-25/h1-9,14,26H,10-11H2,(H,22,24). The molecule has 0 saturated carbocycles. The number of β-amino-alcohol motifs (C(OH)–C–C–N with tert-alkyl or cyclic N) is 1. The van der Waals surface area contributed by atoms with Crippen LogP contribution in [-0.2, 0) is 10.0 Å².